The van der Waals surface area contributed by atoms with Crippen LogP contribution in [0.4, 0.5) is 0 Å². The first-order valence-corrected chi connectivity index (χ1v) is 17.1. The van der Waals surface area contributed by atoms with Gasteiger partial charge < -0.3 is 24.4 Å². The monoisotopic (exact) mass is 624 g/mol. The standard InChI is InChI=1S/C24H31N5O.C9H17NO3S/c1-2-19-9-11-27(15-19)17-22-4-3-10-29(22)24(30)12-23-14-26-18-28(23)16-21-7-5-20(13-25)6-8-21;1-7(2)13-9(12)8(10-6-11)4-5-14-3/h5-8,14,18-19,22H,2-4,9-12,15-17H2,1H3;6-8H,4-5H2,1-3H3,(H,10,11)/t19-,22?;8-/m00/s1. The number of likely N-dealkylation sites (tertiary alicyclic amines) is 2. The summed E-state index contributed by atoms with van der Waals surface area (Å²) in [6, 6.07) is 9.55. The number of nitriles is 1. The number of carbonyl (C=O) groups is 3. The minimum atomic E-state index is -0.512. The van der Waals surface area contributed by atoms with Crippen LogP contribution >= 0.6 is 11.8 Å². The van der Waals surface area contributed by atoms with Crippen molar-refractivity contribution in [2.45, 2.75) is 84.0 Å². The molecule has 44 heavy (non-hydrogen) atoms. The van der Waals surface area contributed by atoms with Crippen LogP contribution < -0.4 is 5.32 Å². The summed E-state index contributed by atoms with van der Waals surface area (Å²) in [5, 5.41) is 11.4. The van der Waals surface area contributed by atoms with Crippen LogP contribution in [0.1, 0.15) is 69.7 Å². The van der Waals surface area contributed by atoms with Gasteiger partial charge >= 0.3 is 5.97 Å². The average Bonchev–Trinajstić information content (AvgIpc) is 3.78. The van der Waals surface area contributed by atoms with E-state index >= 15 is 0 Å². The number of aromatic nitrogens is 2. The molecule has 0 radical (unpaired) electrons. The number of benzene rings is 1. The maximum atomic E-state index is 13.1. The van der Waals surface area contributed by atoms with Gasteiger partial charge in [-0.15, -0.1) is 0 Å². The predicted molar refractivity (Wildman–Crippen MR) is 173 cm³/mol. The minimum absolute atomic E-state index is 0.146. The number of imidazole rings is 1. The van der Waals surface area contributed by atoms with Crippen molar-refractivity contribution in [3.63, 3.8) is 0 Å². The molecule has 2 aliphatic rings. The van der Waals surface area contributed by atoms with E-state index in [0.717, 1.165) is 48.9 Å². The van der Waals surface area contributed by atoms with E-state index < -0.39 is 6.04 Å². The molecule has 3 atom stereocenters. The van der Waals surface area contributed by atoms with Gasteiger partial charge in [0.25, 0.3) is 0 Å². The first-order chi connectivity index (χ1) is 21.3. The minimum Gasteiger partial charge on any atom is -0.461 e. The summed E-state index contributed by atoms with van der Waals surface area (Å²) in [5.41, 5.74) is 2.70. The van der Waals surface area contributed by atoms with Crippen LogP contribution in [0.25, 0.3) is 0 Å². The molecule has 0 bridgehead atoms. The number of hydrogen-bond donors (Lipinski definition) is 1. The van der Waals surface area contributed by atoms with Crippen molar-refractivity contribution < 1.29 is 19.1 Å². The summed E-state index contributed by atoms with van der Waals surface area (Å²) in [4.78, 5) is 43.7. The van der Waals surface area contributed by atoms with E-state index in [4.69, 9.17) is 10.00 Å². The van der Waals surface area contributed by atoms with Crippen molar-refractivity contribution in [2.24, 2.45) is 5.92 Å². The first-order valence-electron chi connectivity index (χ1n) is 15.7. The van der Waals surface area contributed by atoms with E-state index in [9.17, 15) is 14.4 Å². The molecule has 1 unspecified atom stereocenters. The summed E-state index contributed by atoms with van der Waals surface area (Å²) >= 11 is 1.63. The summed E-state index contributed by atoms with van der Waals surface area (Å²) in [6.45, 7) is 10.8. The van der Waals surface area contributed by atoms with Gasteiger partial charge in [0.15, 0.2) is 0 Å². The lowest BCUT2D eigenvalue weighted by atomic mass is 10.1. The maximum absolute atomic E-state index is 13.1. The molecule has 2 fully saturated rings. The second-order valence-electron chi connectivity index (χ2n) is 11.8. The Morgan fingerprint density at radius 1 is 1.23 bits per heavy atom. The van der Waals surface area contributed by atoms with Gasteiger partial charge in [0.2, 0.25) is 12.3 Å². The van der Waals surface area contributed by atoms with Gasteiger partial charge in [0.05, 0.1) is 30.5 Å². The summed E-state index contributed by atoms with van der Waals surface area (Å²) in [5.74, 6) is 1.50. The molecule has 1 aromatic heterocycles. The molecular weight excluding hydrogens is 576 g/mol. The largest absolute Gasteiger partial charge is 0.461 e. The maximum Gasteiger partial charge on any atom is 0.328 e. The van der Waals surface area contributed by atoms with E-state index in [1.165, 1.54) is 25.9 Å². The van der Waals surface area contributed by atoms with Gasteiger partial charge in [-0.3, -0.25) is 9.59 Å². The van der Waals surface area contributed by atoms with Crippen molar-refractivity contribution in [3.8, 4) is 6.07 Å². The number of ether oxygens (including phenoxy) is 1. The fraction of sp³-hybridized carbons (Fsp3) is 0.606. The molecule has 2 aromatic rings. The lowest BCUT2D eigenvalue weighted by Gasteiger charge is -2.29. The molecule has 3 heterocycles. The number of amides is 2. The van der Waals surface area contributed by atoms with E-state index in [1.807, 2.05) is 35.1 Å². The second-order valence-corrected chi connectivity index (χ2v) is 12.8. The third kappa shape index (κ3) is 11.0. The SMILES string of the molecule is CC[C@H]1CCN(CC2CCCN2C(=O)Cc2cncn2Cc2ccc(C#N)cc2)C1.CSCC[C@H](NC=O)C(=O)OC(C)C. The number of esters is 1. The highest BCUT2D eigenvalue weighted by molar-refractivity contribution is 7.98. The van der Waals surface area contributed by atoms with Gasteiger partial charge in [0, 0.05) is 44.1 Å². The Bertz CT molecular complexity index is 1230. The Labute approximate surface area is 266 Å². The second kappa shape index (κ2) is 18.4. The topological polar surface area (TPSA) is 121 Å². The van der Waals surface area contributed by atoms with Gasteiger partial charge in [-0.1, -0.05) is 25.5 Å². The van der Waals surface area contributed by atoms with E-state index in [1.54, 1.807) is 38.1 Å². The van der Waals surface area contributed by atoms with Crippen LogP contribution in [0.2, 0.25) is 0 Å². The van der Waals surface area contributed by atoms with Crippen molar-refractivity contribution >= 4 is 30.0 Å². The van der Waals surface area contributed by atoms with Crippen molar-refractivity contribution in [3.05, 3.63) is 53.6 Å². The quantitative estimate of drug-likeness (QED) is 0.249. The Balaban J connectivity index is 0.000000321. The summed E-state index contributed by atoms with van der Waals surface area (Å²) in [7, 11) is 0. The predicted octanol–water partition coefficient (Wildman–Crippen LogP) is 3.87. The van der Waals surface area contributed by atoms with Crippen molar-refractivity contribution in [1.29, 1.82) is 5.26 Å². The molecule has 0 saturated carbocycles. The van der Waals surface area contributed by atoms with Gasteiger partial charge in [-0.05, 0) is 81.7 Å². The van der Waals surface area contributed by atoms with Gasteiger partial charge in [-0.2, -0.15) is 17.0 Å². The van der Waals surface area contributed by atoms with Crippen LogP contribution in [-0.2, 0) is 32.1 Å². The zero-order chi connectivity index (χ0) is 31.9. The van der Waals surface area contributed by atoms with E-state index in [0.29, 0.717) is 37.4 Å². The normalized spacial score (nSPS) is 18.8. The van der Waals surface area contributed by atoms with Gasteiger partial charge in [0.1, 0.15) is 6.04 Å². The fourth-order valence-corrected chi connectivity index (χ4v) is 6.21. The lowest BCUT2D eigenvalue weighted by Crippen LogP contribution is -2.43. The number of carbonyl (C=O) groups excluding carboxylic acids is 3. The fourth-order valence-electron chi connectivity index (χ4n) is 5.74. The lowest BCUT2D eigenvalue weighted by molar-refractivity contribution is -0.150. The molecule has 1 N–H and O–H groups in total. The van der Waals surface area contributed by atoms with E-state index in [2.05, 4.69) is 33.1 Å². The van der Waals surface area contributed by atoms with Crippen LogP contribution in [0.15, 0.2) is 36.8 Å². The zero-order valence-corrected chi connectivity index (χ0v) is 27.4. The molecule has 2 amide bonds. The third-order valence-electron chi connectivity index (χ3n) is 8.20. The zero-order valence-electron chi connectivity index (χ0n) is 26.6. The molecule has 11 heteroatoms. The molecule has 4 rings (SSSR count). The third-order valence-corrected chi connectivity index (χ3v) is 8.84. The highest BCUT2D eigenvalue weighted by Crippen LogP contribution is 2.24. The Morgan fingerprint density at radius 2 is 2.00 bits per heavy atom. The number of thioether (sulfide) groups is 1. The van der Waals surface area contributed by atoms with Crippen LogP contribution in [-0.4, -0.2) is 94.0 Å². The molecule has 2 aliphatic heterocycles. The molecule has 0 spiro atoms. The smallest absolute Gasteiger partial charge is 0.328 e. The first kappa shape index (κ1) is 35.1. The summed E-state index contributed by atoms with van der Waals surface area (Å²) < 4.78 is 7.03. The molecule has 0 aliphatic carbocycles. The van der Waals surface area contributed by atoms with Crippen LogP contribution in [0.3, 0.4) is 0 Å². The highest BCUT2D eigenvalue weighted by Gasteiger charge is 2.32. The number of rotatable bonds is 14. The molecular formula is C33H48N6O4S. The van der Waals surface area contributed by atoms with E-state index in [-0.39, 0.29) is 18.0 Å². The molecule has 2 saturated heterocycles. The van der Waals surface area contributed by atoms with Crippen molar-refractivity contribution in [2.75, 3.05) is 38.2 Å². The Hall–Kier alpha value is -3.36. The summed E-state index contributed by atoms with van der Waals surface area (Å²) in [6.07, 6.45) is 11.7. The highest BCUT2D eigenvalue weighted by atomic mass is 32.2. The number of hydrogen-bond acceptors (Lipinski definition) is 8. The Kier molecular flexibility index (Phi) is 14.7. The molecule has 1 aromatic carbocycles. The van der Waals surface area contributed by atoms with Crippen molar-refractivity contribution in [1.82, 2.24) is 24.7 Å². The Morgan fingerprint density at radius 3 is 2.64 bits per heavy atom. The van der Waals surface area contributed by atoms with Crippen LogP contribution in [0.5, 0.6) is 0 Å². The number of nitrogens with zero attached hydrogens (tertiary/aromatic N) is 5. The van der Waals surface area contributed by atoms with Crippen LogP contribution in [0, 0.1) is 17.2 Å². The molecule has 10 nitrogen and oxygen atoms in total. The molecule has 240 valence electrons. The average molecular weight is 625 g/mol. The van der Waals surface area contributed by atoms with Gasteiger partial charge in [-0.25, -0.2) is 9.78 Å². The number of nitrogens with one attached hydrogen (secondary N) is 1.